The van der Waals surface area contributed by atoms with E-state index in [1.165, 1.54) is 5.52 Å². The van der Waals surface area contributed by atoms with Crippen molar-refractivity contribution in [2.24, 2.45) is 4.99 Å². The second-order valence-electron chi connectivity index (χ2n) is 7.45. The van der Waals surface area contributed by atoms with Crippen molar-refractivity contribution in [3.63, 3.8) is 0 Å². The first kappa shape index (κ1) is 23.1. The molecule has 1 aromatic heterocycles. The molecule has 1 aliphatic heterocycles. The van der Waals surface area contributed by atoms with E-state index in [1.54, 1.807) is 7.05 Å². The van der Waals surface area contributed by atoms with E-state index >= 15 is 0 Å². The maximum absolute atomic E-state index is 11.9. The minimum atomic E-state index is 0. The van der Waals surface area contributed by atoms with Crippen molar-refractivity contribution in [3.8, 4) is 0 Å². The number of halogens is 1. The van der Waals surface area contributed by atoms with Gasteiger partial charge < -0.3 is 20.1 Å². The van der Waals surface area contributed by atoms with Crippen molar-refractivity contribution in [2.75, 3.05) is 25.0 Å². The van der Waals surface area contributed by atoms with Crippen LogP contribution in [-0.4, -0.2) is 41.6 Å². The Morgan fingerprint density at radius 1 is 1.13 bits per heavy atom. The number of aliphatic imine (C=N–C) groups is 1. The smallest absolute Gasteiger partial charge is 0.227 e. The Hall–Kier alpha value is -2.62. The Bertz CT molecular complexity index is 1030. The predicted molar refractivity (Wildman–Crippen MR) is 136 cm³/mol. The van der Waals surface area contributed by atoms with Crippen LogP contribution in [-0.2, 0) is 17.9 Å². The molecule has 3 aromatic rings. The molecule has 2 N–H and O–H groups in total. The van der Waals surface area contributed by atoms with Gasteiger partial charge in [-0.25, -0.2) is 4.98 Å². The Morgan fingerprint density at radius 3 is 2.68 bits per heavy atom. The summed E-state index contributed by atoms with van der Waals surface area (Å²) in [5, 5.41) is 6.71. The maximum atomic E-state index is 11.9. The number of para-hydroxylation sites is 2. The Kier molecular flexibility index (Phi) is 8.27. The van der Waals surface area contributed by atoms with Gasteiger partial charge in [0, 0.05) is 45.3 Å². The van der Waals surface area contributed by atoms with Gasteiger partial charge in [-0.3, -0.25) is 9.79 Å². The van der Waals surface area contributed by atoms with Crippen LogP contribution in [0.15, 0.2) is 59.9 Å². The number of rotatable bonds is 7. The fourth-order valence-electron chi connectivity index (χ4n) is 3.77. The van der Waals surface area contributed by atoms with Gasteiger partial charge in [-0.1, -0.05) is 24.3 Å². The van der Waals surface area contributed by atoms with Gasteiger partial charge in [0.05, 0.1) is 17.4 Å². The number of aromatic nitrogens is 2. The minimum Gasteiger partial charge on any atom is -0.356 e. The summed E-state index contributed by atoms with van der Waals surface area (Å²) in [4.78, 5) is 22.5. The number of imidazole rings is 1. The molecule has 31 heavy (non-hydrogen) atoms. The number of carbonyl (C=O) groups excluding carboxylic acids is 1. The molecule has 164 valence electrons. The molecule has 4 rings (SSSR count). The standard InChI is InChI=1S/C23H28N6O.HI/c1-24-23(25-13-5-14-28-17-27-20-6-2-3-7-21(20)28)26-16-18-9-11-19(12-10-18)29-15-4-8-22(29)30;/h2-3,6-7,9-12,17H,4-5,8,13-16H2,1H3,(H2,24,25,26);1H. The third kappa shape index (κ3) is 5.75. The van der Waals surface area contributed by atoms with E-state index in [0.29, 0.717) is 13.0 Å². The summed E-state index contributed by atoms with van der Waals surface area (Å²) in [5.74, 6) is 0.999. The normalized spacial score (nSPS) is 14.0. The van der Waals surface area contributed by atoms with Crippen molar-refractivity contribution in [2.45, 2.75) is 32.4 Å². The number of nitrogens with one attached hydrogen (secondary N) is 2. The van der Waals surface area contributed by atoms with Gasteiger partial charge in [0.2, 0.25) is 5.91 Å². The average Bonchev–Trinajstić information content (AvgIpc) is 3.40. The lowest BCUT2D eigenvalue weighted by Crippen LogP contribution is -2.37. The Balaban J connectivity index is 0.00000272. The third-order valence-electron chi connectivity index (χ3n) is 5.40. The number of guanidine groups is 1. The monoisotopic (exact) mass is 532 g/mol. The van der Waals surface area contributed by atoms with Gasteiger partial charge >= 0.3 is 0 Å². The van der Waals surface area contributed by atoms with Crippen molar-refractivity contribution < 1.29 is 4.79 Å². The lowest BCUT2D eigenvalue weighted by atomic mass is 10.2. The number of nitrogens with zero attached hydrogens (tertiary/aromatic N) is 4. The van der Waals surface area contributed by atoms with Crippen LogP contribution >= 0.6 is 24.0 Å². The first-order chi connectivity index (χ1) is 14.7. The van der Waals surface area contributed by atoms with E-state index in [2.05, 4.69) is 43.4 Å². The molecule has 0 saturated carbocycles. The van der Waals surface area contributed by atoms with Crippen LogP contribution in [0, 0.1) is 0 Å². The van der Waals surface area contributed by atoms with Crippen LogP contribution in [0.4, 0.5) is 5.69 Å². The molecule has 2 aromatic carbocycles. The molecule has 8 heteroatoms. The fraction of sp³-hybridized carbons (Fsp3) is 0.348. The molecule has 2 heterocycles. The van der Waals surface area contributed by atoms with Crippen LogP contribution in [0.25, 0.3) is 11.0 Å². The van der Waals surface area contributed by atoms with Gasteiger partial charge in [0.1, 0.15) is 0 Å². The summed E-state index contributed by atoms with van der Waals surface area (Å²) in [7, 11) is 1.78. The van der Waals surface area contributed by atoms with Crippen molar-refractivity contribution in [1.82, 2.24) is 20.2 Å². The molecule has 0 bridgehead atoms. The van der Waals surface area contributed by atoms with Crippen molar-refractivity contribution in [3.05, 3.63) is 60.4 Å². The maximum Gasteiger partial charge on any atom is 0.227 e. The number of amides is 1. The summed E-state index contributed by atoms with van der Waals surface area (Å²) in [5.41, 5.74) is 4.33. The highest BCUT2D eigenvalue weighted by Crippen LogP contribution is 2.21. The number of hydrogen-bond acceptors (Lipinski definition) is 3. The summed E-state index contributed by atoms with van der Waals surface area (Å²) in [6, 6.07) is 16.3. The molecule has 1 amide bonds. The zero-order chi connectivity index (χ0) is 20.8. The first-order valence-corrected chi connectivity index (χ1v) is 10.5. The van der Waals surface area contributed by atoms with E-state index in [1.807, 2.05) is 41.6 Å². The lowest BCUT2D eigenvalue weighted by molar-refractivity contribution is -0.117. The molecule has 1 aliphatic rings. The number of hydrogen-bond donors (Lipinski definition) is 2. The van der Waals surface area contributed by atoms with Crippen LogP contribution < -0.4 is 15.5 Å². The van der Waals surface area contributed by atoms with E-state index in [0.717, 1.165) is 55.2 Å². The zero-order valence-corrected chi connectivity index (χ0v) is 20.1. The van der Waals surface area contributed by atoms with Crippen molar-refractivity contribution >= 4 is 52.6 Å². The molecule has 1 saturated heterocycles. The molecule has 7 nitrogen and oxygen atoms in total. The Morgan fingerprint density at radius 2 is 1.94 bits per heavy atom. The topological polar surface area (TPSA) is 74.6 Å². The minimum absolute atomic E-state index is 0. The van der Waals surface area contributed by atoms with Gasteiger partial charge in [-0.15, -0.1) is 24.0 Å². The molecular weight excluding hydrogens is 503 g/mol. The van der Waals surface area contributed by atoms with Crippen LogP contribution in [0.3, 0.4) is 0 Å². The van der Waals surface area contributed by atoms with Gasteiger partial charge in [0.25, 0.3) is 0 Å². The number of carbonyl (C=O) groups is 1. The quantitative estimate of drug-likeness (QED) is 0.211. The van der Waals surface area contributed by atoms with E-state index in [9.17, 15) is 4.79 Å². The SMILES string of the molecule is CN=C(NCCCn1cnc2ccccc21)NCc1ccc(N2CCCC2=O)cc1.I. The summed E-state index contributed by atoms with van der Waals surface area (Å²) in [6.45, 7) is 3.23. The molecule has 1 fully saturated rings. The first-order valence-electron chi connectivity index (χ1n) is 10.5. The number of anilines is 1. The van der Waals surface area contributed by atoms with E-state index in [4.69, 9.17) is 0 Å². The largest absolute Gasteiger partial charge is 0.356 e. The molecule has 0 radical (unpaired) electrons. The number of aryl methyl sites for hydroxylation is 1. The van der Waals surface area contributed by atoms with Gasteiger partial charge in [-0.05, 0) is 42.7 Å². The van der Waals surface area contributed by atoms with Gasteiger partial charge in [-0.2, -0.15) is 0 Å². The second-order valence-corrected chi connectivity index (χ2v) is 7.45. The fourth-order valence-corrected chi connectivity index (χ4v) is 3.77. The van der Waals surface area contributed by atoms with Crippen LogP contribution in [0.1, 0.15) is 24.8 Å². The van der Waals surface area contributed by atoms with Crippen LogP contribution in [0.5, 0.6) is 0 Å². The molecule has 0 spiro atoms. The summed E-state index contributed by atoms with van der Waals surface area (Å²) in [6.07, 6.45) is 4.47. The predicted octanol–water partition coefficient (Wildman–Crippen LogP) is 3.54. The van der Waals surface area contributed by atoms with Crippen molar-refractivity contribution in [1.29, 1.82) is 0 Å². The number of benzene rings is 2. The molecule has 0 aliphatic carbocycles. The van der Waals surface area contributed by atoms with E-state index in [-0.39, 0.29) is 29.9 Å². The summed E-state index contributed by atoms with van der Waals surface area (Å²) < 4.78 is 2.18. The van der Waals surface area contributed by atoms with Gasteiger partial charge in [0.15, 0.2) is 5.96 Å². The molecular formula is C23H29IN6O. The highest BCUT2D eigenvalue weighted by molar-refractivity contribution is 14.0. The highest BCUT2D eigenvalue weighted by atomic mass is 127. The third-order valence-corrected chi connectivity index (χ3v) is 5.40. The highest BCUT2D eigenvalue weighted by Gasteiger charge is 2.21. The average molecular weight is 532 g/mol. The Labute approximate surface area is 200 Å². The molecule has 0 unspecified atom stereocenters. The second kappa shape index (κ2) is 11.1. The molecule has 0 atom stereocenters. The van der Waals surface area contributed by atoms with Crippen LogP contribution in [0.2, 0.25) is 0 Å². The summed E-state index contributed by atoms with van der Waals surface area (Å²) >= 11 is 0. The lowest BCUT2D eigenvalue weighted by Gasteiger charge is -2.16. The zero-order valence-electron chi connectivity index (χ0n) is 17.8. The number of fused-ring (bicyclic) bond motifs is 1. The van der Waals surface area contributed by atoms with E-state index < -0.39 is 0 Å².